The SMILES string of the molecule is Cc1ccc(S(=O)(=O)N(CC(=O)Nc2cc(C)on2)C(=O)N2CCCC2)cc1. The second-order valence-corrected chi connectivity index (χ2v) is 8.53. The maximum Gasteiger partial charge on any atom is 0.334 e. The number of hydrogen-bond donors (Lipinski definition) is 1. The van der Waals surface area contributed by atoms with E-state index in [1.54, 1.807) is 19.1 Å². The molecule has 1 saturated heterocycles. The summed E-state index contributed by atoms with van der Waals surface area (Å²) in [5.41, 5.74) is 0.885. The monoisotopic (exact) mass is 406 g/mol. The van der Waals surface area contributed by atoms with Gasteiger partial charge in [-0.3, -0.25) is 4.79 Å². The van der Waals surface area contributed by atoms with Gasteiger partial charge in [0.2, 0.25) is 5.91 Å². The smallest absolute Gasteiger partial charge is 0.334 e. The third kappa shape index (κ3) is 4.33. The fourth-order valence-electron chi connectivity index (χ4n) is 2.90. The molecule has 0 spiro atoms. The van der Waals surface area contributed by atoms with Gasteiger partial charge in [0, 0.05) is 19.2 Å². The van der Waals surface area contributed by atoms with Gasteiger partial charge in [-0.1, -0.05) is 22.9 Å². The number of carbonyl (C=O) groups excluding carboxylic acids is 2. The zero-order valence-electron chi connectivity index (χ0n) is 15.7. The third-order valence-electron chi connectivity index (χ3n) is 4.38. The fraction of sp³-hybridized carbons (Fsp3) is 0.389. The second kappa shape index (κ2) is 8.01. The first-order valence-corrected chi connectivity index (χ1v) is 10.3. The Morgan fingerprint density at radius 2 is 1.82 bits per heavy atom. The highest BCUT2D eigenvalue weighted by Crippen LogP contribution is 2.20. The molecule has 0 unspecified atom stereocenters. The average Bonchev–Trinajstić information content (AvgIpc) is 3.31. The molecule has 1 aliphatic rings. The molecule has 3 rings (SSSR count). The lowest BCUT2D eigenvalue weighted by Crippen LogP contribution is -2.48. The lowest BCUT2D eigenvalue weighted by Gasteiger charge is -2.26. The third-order valence-corrected chi connectivity index (χ3v) is 6.12. The molecule has 0 atom stereocenters. The van der Waals surface area contributed by atoms with E-state index in [9.17, 15) is 18.0 Å². The van der Waals surface area contributed by atoms with Gasteiger partial charge in [-0.25, -0.2) is 17.5 Å². The second-order valence-electron chi connectivity index (χ2n) is 6.67. The molecule has 0 radical (unpaired) electrons. The molecule has 28 heavy (non-hydrogen) atoms. The summed E-state index contributed by atoms with van der Waals surface area (Å²) in [6.07, 6.45) is 1.60. The van der Waals surface area contributed by atoms with E-state index in [0.29, 0.717) is 23.2 Å². The number of aryl methyl sites for hydroxylation is 2. The zero-order valence-corrected chi connectivity index (χ0v) is 16.5. The molecule has 0 saturated carbocycles. The summed E-state index contributed by atoms with van der Waals surface area (Å²) in [5, 5.41) is 6.10. The van der Waals surface area contributed by atoms with Crippen LogP contribution in [-0.4, -0.2) is 54.4 Å². The Morgan fingerprint density at radius 1 is 1.18 bits per heavy atom. The molecule has 9 nitrogen and oxygen atoms in total. The number of anilines is 1. The number of sulfonamides is 1. The molecular formula is C18H22N4O5S. The summed E-state index contributed by atoms with van der Waals surface area (Å²) >= 11 is 0. The van der Waals surface area contributed by atoms with Crippen LogP contribution >= 0.6 is 0 Å². The van der Waals surface area contributed by atoms with Crippen molar-refractivity contribution in [2.75, 3.05) is 25.0 Å². The van der Waals surface area contributed by atoms with Crippen LogP contribution in [0.3, 0.4) is 0 Å². The Labute approximate surface area is 163 Å². The van der Waals surface area contributed by atoms with Crippen LogP contribution in [0.5, 0.6) is 0 Å². The average molecular weight is 406 g/mol. The van der Waals surface area contributed by atoms with Crippen LogP contribution in [0.1, 0.15) is 24.2 Å². The molecule has 1 fully saturated rings. The summed E-state index contributed by atoms with van der Waals surface area (Å²) in [5.74, 6) is -0.0343. The number of amides is 3. The van der Waals surface area contributed by atoms with Gasteiger partial charge in [0.1, 0.15) is 12.3 Å². The van der Waals surface area contributed by atoms with Crippen molar-refractivity contribution in [1.29, 1.82) is 0 Å². The number of carbonyl (C=O) groups is 2. The van der Waals surface area contributed by atoms with E-state index in [-0.39, 0.29) is 10.7 Å². The summed E-state index contributed by atoms with van der Waals surface area (Å²) in [7, 11) is -4.20. The van der Waals surface area contributed by atoms with Gasteiger partial charge in [0.05, 0.1) is 4.90 Å². The van der Waals surface area contributed by atoms with Crippen LogP contribution < -0.4 is 5.32 Å². The number of hydrogen-bond acceptors (Lipinski definition) is 6. The van der Waals surface area contributed by atoms with Crippen LogP contribution in [-0.2, 0) is 14.8 Å². The quantitative estimate of drug-likeness (QED) is 0.814. The number of rotatable bonds is 5. The molecule has 0 aliphatic carbocycles. The van der Waals surface area contributed by atoms with Gasteiger partial charge in [-0.2, -0.15) is 0 Å². The first kappa shape index (κ1) is 19.9. The lowest BCUT2D eigenvalue weighted by atomic mass is 10.2. The van der Waals surface area contributed by atoms with Crippen LogP contribution in [0, 0.1) is 13.8 Å². The highest BCUT2D eigenvalue weighted by Gasteiger charge is 2.35. The van der Waals surface area contributed by atoms with Crippen LogP contribution in [0.2, 0.25) is 0 Å². The number of nitrogens with zero attached hydrogens (tertiary/aromatic N) is 3. The maximum absolute atomic E-state index is 13.1. The minimum absolute atomic E-state index is 0.0456. The minimum Gasteiger partial charge on any atom is -0.360 e. The van der Waals surface area contributed by atoms with E-state index in [4.69, 9.17) is 4.52 Å². The van der Waals surface area contributed by atoms with Crippen LogP contribution in [0.25, 0.3) is 0 Å². The molecule has 1 aromatic heterocycles. The lowest BCUT2D eigenvalue weighted by molar-refractivity contribution is -0.116. The molecule has 1 aromatic carbocycles. The largest absolute Gasteiger partial charge is 0.360 e. The van der Waals surface area contributed by atoms with E-state index < -0.39 is 28.5 Å². The van der Waals surface area contributed by atoms with Gasteiger partial charge in [-0.05, 0) is 38.8 Å². The van der Waals surface area contributed by atoms with Crippen LogP contribution in [0.4, 0.5) is 10.6 Å². The number of nitrogens with one attached hydrogen (secondary N) is 1. The fourth-order valence-corrected chi connectivity index (χ4v) is 4.24. The molecule has 10 heteroatoms. The number of benzene rings is 1. The summed E-state index contributed by atoms with van der Waals surface area (Å²) in [4.78, 5) is 26.7. The molecule has 1 aliphatic heterocycles. The summed E-state index contributed by atoms with van der Waals surface area (Å²) < 4.78 is 31.7. The Balaban J connectivity index is 1.86. The zero-order chi connectivity index (χ0) is 20.3. The van der Waals surface area contributed by atoms with Gasteiger partial charge >= 0.3 is 6.03 Å². The van der Waals surface area contributed by atoms with Crippen molar-refractivity contribution in [2.45, 2.75) is 31.6 Å². The predicted octanol–water partition coefficient (Wildman–Crippen LogP) is 2.14. The Kier molecular flexibility index (Phi) is 5.68. The maximum atomic E-state index is 13.1. The normalized spacial score (nSPS) is 14.1. The first-order valence-electron chi connectivity index (χ1n) is 8.89. The topological polar surface area (TPSA) is 113 Å². The standard InChI is InChI=1S/C18H22N4O5S/c1-13-5-7-15(8-6-13)28(25,26)22(18(24)21-9-3-4-10-21)12-17(23)19-16-11-14(2)27-20-16/h5-8,11H,3-4,9-10,12H2,1-2H3,(H,19,20,23). The van der Waals surface area contributed by atoms with E-state index in [1.807, 2.05) is 6.92 Å². The first-order chi connectivity index (χ1) is 13.3. The van der Waals surface area contributed by atoms with Gasteiger partial charge in [0.15, 0.2) is 5.82 Å². The van der Waals surface area contributed by atoms with Crippen molar-refractivity contribution >= 4 is 27.8 Å². The molecule has 0 bridgehead atoms. The van der Waals surface area contributed by atoms with Gasteiger partial charge in [0.25, 0.3) is 10.0 Å². The molecule has 150 valence electrons. The summed E-state index contributed by atoms with van der Waals surface area (Å²) in [6, 6.07) is 6.93. The predicted molar refractivity (Wildman–Crippen MR) is 101 cm³/mol. The van der Waals surface area contributed by atoms with Gasteiger partial charge < -0.3 is 14.7 Å². The minimum atomic E-state index is -4.20. The molecule has 3 amide bonds. The van der Waals surface area contributed by atoms with Crippen molar-refractivity contribution in [3.8, 4) is 0 Å². The Hall–Kier alpha value is -2.88. The highest BCUT2D eigenvalue weighted by atomic mass is 32.2. The highest BCUT2D eigenvalue weighted by molar-refractivity contribution is 7.89. The Bertz CT molecular complexity index is 962. The van der Waals surface area contributed by atoms with E-state index >= 15 is 0 Å². The molecule has 2 aromatic rings. The molecular weight excluding hydrogens is 384 g/mol. The number of likely N-dealkylation sites (tertiary alicyclic amines) is 1. The van der Waals surface area contributed by atoms with Crippen molar-refractivity contribution in [3.05, 3.63) is 41.7 Å². The van der Waals surface area contributed by atoms with Crippen molar-refractivity contribution in [2.24, 2.45) is 0 Å². The van der Waals surface area contributed by atoms with Crippen molar-refractivity contribution < 1.29 is 22.5 Å². The van der Waals surface area contributed by atoms with E-state index in [0.717, 1.165) is 18.4 Å². The van der Waals surface area contributed by atoms with Crippen molar-refractivity contribution in [3.63, 3.8) is 0 Å². The number of aromatic nitrogens is 1. The molecule has 1 N–H and O–H groups in total. The van der Waals surface area contributed by atoms with E-state index in [2.05, 4.69) is 10.5 Å². The van der Waals surface area contributed by atoms with Gasteiger partial charge in [-0.15, -0.1) is 0 Å². The Morgan fingerprint density at radius 3 is 2.39 bits per heavy atom. The van der Waals surface area contributed by atoms with E-state index in [1.165, 1.54) is 23.1 Å². The summed E-state index contributed by atoms with van der Waals surface area (Å²) in [6.45, 7) is 3.76. The van der Waals surface area contributed by atoms with Crippen molar-refractivity contribution in [1.82, 2.24) is 14.4 Å². The molecule has 2 heterocycles. The number of urea groups is 1. The van der Waals surface area contributed by atoms with Crippen LogP contribution in [0.15, 0.2) is 39.8 Å².